The van der Waals surface area contributed by atoms with Crippen LogP contribution in [0.1, 0.15) is 86.6 Å². The van der Waals surface area contributed by atoms with E-state index in [9.17, 15) is 9.90 Å². The van der Waals surface area contributed by atoms with Crippen LogP contribution in [0.25, 0.3) is 49.8 Å². The van der Waals surface area contributed by atoms with Crippen molar-refractivity contribution in [3.8, 4) is 11.3 Å². The number of aliphatic hydroxyl groups is 1. The van der Waals surface area contributed by atoms with Crippen LogP contribution in [0.5, 0.6) is 0 Å². The standard InChI is InChI=1S/C29H29N2OSi.C13H24O2.Ir/c1-17-18(2)29(3,4)31-26-20(17)10-8-12-22(26)25-23-13-9-11-21(27(23)32-28(25)31)24-15-14-19(16-30-24)33(5,6)7;1-5-10(6-2)12(14)9-13(15)11(7-3)8-4;/h8-10,12-16H,1-7H3;9-11,14H,5-8H2,1-4H3;/q-1;;/b;12-9-;. The topological polar surface area (TPSA) is 68.3 Å². The first-order valence-corrected chi connectivity index (χ1v) is 21.2. The fourth-order valence-electron chi connectivity index (χ4n) is 7.18. The molecule has 5 nitrogen and oxygen atoms in total. The van der Waals surface area contributed by atoms with Gasteiger partial charge >= 0.3 is 0 Å². The molecule has 0 spiro atoms. The minimum atomic E-state index is -1.40. The zero-order valence-electron chi connectivity index (χ0n) is 31.2. The van der Waals surface area contributed by atoms with Crippen molar-refractivity contribution in [3.63, 3.8) is 0 Å². The van der Waals surface area contributed by atoms with Crippen molar-refractivity contribution in [1.82, 2.24) is 9.55 Å². The minimum absolute atomic E-state index is 0. The number of carbonyl (C=O) groups excluding carboxylic acids is 1. The van der Waals surface area contributed by atoms with Gasteiger partial charge < -0.3 is 19.1 Å². The van der Waals surface area contributed by atoms with Crippen LogP contribution >= 0.6 is 0 Å². The Hall–Kier alpha value is -3.25. The van der Waals surface area contributed by atoms with Gasteiger partial charge in [-0.2, -0.15) is 0 Å². The summed E-state index contributed by atoms with van der Waals surface area (Å²) in [6.45, 7) is 24.2. The van der Waals surface area contributed by atoms with Crippen molar-refractivity contribution >= 4 is 57.6 Å². The predicted molar refractivity (Wildman–Crippen MR) is 206 cm³/mol. The molecule has 4 heterocycles. The molecule has 0 saturated heterocycles. The van der Waals surface area contributed by atoms with E-state index in [1.165, 1.54) is 44.3 Å². The smallest absolute Gasteiger partial charge is 0.198 e. The maximum absolute atomic E-state index is 11.7. The molecular formula is C42H53IrN2O3Si-. The number of ketones is 1. The van der Waals surface area contributed by atoms with Crippen LogP contribution < -0.4 is 5.19 Å². The van der Waals surface area contributed by atoms with Gasteiger partial charge in [-0.15, -0.1) is 18.2 Å². The molecule has 0 saturated carbocycles. The molecule has 49 heavy (non-hydrogen) atoms. The van der Waals surface area contributed by atoms with E-state index in [0.717, 1.165) is 53.6 Å². The van der Waals surface area contributed by atoms with Crippen LogP contribution in [0, 0.1) is 17.9 Å². The third-order valence-electron chi connectivity index (χ3n) is 10.8. The number of para-hydroxylation sites is 1. The molecule has 7 heteroatoms. The van der Waals surface area contributed by atoms with E-state index in [0.29, 0.717) is 0 Å². The maximum atomic E-state index is 11.7. The van der Waals surface area contributed by atoms with Crippen molar-refractivity contribution in [2.75, 3.05) is 0 Å². The average molecular weight is 854 g/mol. The summed E-state index contributed by atoms with van der Waals surface area (Å²) in [5, 5.41) is 14.7. The molecule has 0 amide bonds. The number of hydrogen-bond donors (Lipinski definition) is 1. The Bertz CT molecular complexity index is 2030. The molecule has 1 N–H and O–H groups in total. The van der Waals surface area contributed by atoms with Gasteiger partial charge in [0, 0.05) is 60.5 Å². The molecule has 0 aliphatic carbocycles. The number of pyridine rings is 1. The SMILES string of the molecule is CC1=C(C)C(C)(C)n2c3oc4c(-c5ccc([Si](C)(C)C)cn5)[c-]ccc4c3c3cccc1c32.CCC(CC)C(=O)/C=C(\O)C(CC)CC.[Ir]. The van der Waals surface area contributed by atoms with Gasteiger partial charge in [0.25, 0.3) is 0 Å². The van der Waals surface area contributed by atoms with Gasteiger partial charge in [0.1, 0.15) is 0 Å². The fraction of sp³-hybridized carbons (Fsp3) is 0.429. The van der Waals surface area contributed by atoms with E-state index in [4.69, 9.17) is 9.40 Å². The number of nitrogens with zero attached hydrogens (tertiary/aromatic N) is 2. The number of aliphatic hydroxyl groups excluding tert-OH is 1. The van der Waals surface area contributed by atoms with Crippen molar-refractivity contribution in [3.05, 3.63) is 77.7 Å². The second-order valence-electron chi connectivity index (χ2n) is 14.9. The van der Waals surface area contributed by atoms with Gasteiger partial charge in [-0.05, 0) is 75.4 Å². The molecule has 0 bridgehead atoms. The molecular weight excluding hydrogens is 801 g/mol. The van der Waals surface area contributed by atoms with E-state index < -0.39 is 8.07 Å². The van der Waals surface area contributed by atoms with Crippen LogP contribution in [-0.2, 0) is 30.4 Å². The molecule has 6 rings (SSSR count). The second-order valence-corrected chi connectivity index (χ2v) is 20.0. The summed E-state index contributed by atoms with van der Waals surface area (Å²) in [6.07, 6.45) is 6.95. The normalized spacial score (nSPS) is 14.5. The second kappa shape index (κ2) is 14.9. The van der Waals surface area contributed by atoms with Crippen molar-refractivity contribution in [2.24, 2.45) is 11.8 Å². The molecule has 1 radical (unpaired) electrons. The molecule has 1 aliphatic rings. The van der Waals surface area contributed by atoms with E-state index in [1.54, 1.807) is 0 Å². The number of fused-ring (bicyclic) bond motifs is 5. The van der Waals surface area contributed by atoms with Gasteiger partial charge in [-0.1, -0.05) is 88.6 Å². The van der Waals surface area contributed by atoms with Crippen LogP contribution in [0.4, 0.5) is 0 Å². The Morgan fingerprint density at radius 3 is 2.20 bits per heavy atom. The Labute approximate surface area is 307 Å². The number of benzene rings is 2. The summed E-state index contributed by atoms with van der Waals surface area (Å²) in [5.74, 6) is 0.547. The van der Waals surface area contributed by atoms with Gasteiger partial charge in [-0.3, -0.25) is 4.79 Å². The molecule has 3 aromatic heterocycles. The summed E-state index contributed by atoms with van der Waals surface area (Å²) >= 11 is 0. The summed E-state index contributed by atoms with van der Waals surface area (Å²) in [6, 6.07) is 18.5. The van der Waals surface area contributed by atoms with Crippen molar-refractivity contribution in [1.29, 1.82) is 0 Å². The summed E-state index contributed by atoms with van der Waals surface area (Å²) in [4.78, 5) is 16.5. The van der Waals surface area contributed by atoms with Crippen LogP contribution in [0.3, 0.4) is 0 Å². The van der Waals surface area contributed by atoms with E-state index in [1.807, 2.05) is 40.0 Å². The Morgan fingerprint density at radius 2 is 1.63 bits per heavy atom. The third-order valence-corrected chi connectivity index (χ3v) is 12.8. The number of furan rings is 1. The molecule has 0 fully saturated rings. The number of aromatic nitrogens is 2. The van der Waals surface area contributed by atoms with E-state index in [-0.39, 0.29) is 49.0 Å². The summed E-state index contributed by atoms with van der Waals surface area (Å²) < 4.78 is 9.13. The first-order chi connectivity index (χ1) is 22.7. The van der Waals surface area contributed by atoms with Gasteiger partial charge in [-0.25, -0.2) is 0 Å². The first kappa shape index (κ1) is 38.5. The summed E-state index contributed by atoms with van der Waals surface area (Å²) in [5.41, 5.74) is 8.78. The molecule has 1 aliphatic heterocycles. The molecule has 0 unspecified atom stereocenters. The van der Waals surface area contributed by atoms with Crippen LogP contribution in [0.15, 0.2) is 70.5 Å². The number of carbonyl (C=O) groups is 1. The molecule has 263 valence electrons. The quantitative estimate of drug-likeness (QED) is 0.0694. The summed E-state index contributed by atoms with van der Waals surface area (Å²) in [7, 11) is -1.40. The molecule has 2 aromatic carbocycles. The van der Waals surface area contributed by atoms with Gasteiger partial charge in [0.15, 0.2) is 11.5 Å². The van der Waals surface area contributed by atoms with Gasteiger partial charge in [0.05, 0.1) is 30.5 Å². The minimum Gasteiger partial charge on any atom is -0.512 e. The van der Waals surface area contributed by atoms with Crippen LogP contribution in [0.2, 0.25) is 19.6 Å². The van der Waals surface area contributed by atoms with E-state index in [2.05, 4.69) is 94.4 Å². The fourth-order valence-corrected chi connectivity index (χ4v) is 8.21. The number of rotatable bonds is 9. The molecule has 0 atom stereocenters. The number of hydrogen-bond acceptors (Lipinski definition) is 4. The number of allylic oxidation sites excluding steroid dienone is 4. The maximum Gasteiger partial charge on any atom is 0.198 e. The van der Waals surface area contributed by atoms with Crippen molar-refractivity contribution in [2.45, 2.75) is 106 Å². The Balaban J connectivity index is 0.000000290. The largest absolute Gasteiger partial charge is 0.512 e. The Kier molecular flexibility index (Phi) is 11.7. The first-order valence-electron chi connectivity index (χ1n) is 17.7. The molecule has 5 aromatic rings. The van der Waals surface area contributed by atoms with Gasteiger partial charge in [0.2, 0.25) is 0 Å². The predicted octanol–water partition coefficient (Wildman–Crippen LogP) is 11.4. The Morgan fingerprint density at radius 1 is 0.980 bits per heavy atom. The zero-order valence-corrected chi connectivity index (χ0v) is 34.6. The van der Waals surface area contributed by atoms with Crippen molar-refractivity contribution < 1.29 is 34.4 Å². The third kappa shape index (κ3) is 6.91. The monoisotopic (exact) mass is 854 g/mol. The van der Waals surface area contributed by atoms with E-state index >= 15 is 0 Å². The zero-order chi connectivity index (χ0) is 35.1. The average Bonchev–Trinajstić information content (AvgIpc) is 3.59. The van der Waals surface area contributed by atoms with Crippen LogP contribution in [-0.4, -0.2) is 28.5 Å².